The zero-order valence-corrected chi connectivity index (χ0v) is 15.6. The van der Waals surface area contributed by atoms with Gasteiger partial charge in [0, 0.05) is 11.1 Å². The van der Waals surface area contributed by atoms with Gasteiger partial charge in [-0.1, -0.05) is 37.0 Å². The minimum Gasteiger partial charge on any atom is -0.508 e. The number of rotatable bonds is 8. The maximum atomic E-state index is 9.29. The molecule has 24 heavy (non-hydrogen) atoms. The highest BCUT2D eigenvalue weighted by molar-refractivity contribution is 7.79. The number of allylic oxidation sites excluding steroid dienone is 6. The van der Waals surface area contributed by atoms with Crippen molar-refractivity contribution in [3.63, 3.8) is 0 Å². The fraction of sp³-hybridized carbons (Fsp3) is 0.286. The second-order valence-corrected chi connectivity index (χ2v) is 6.31. The predicted octanol–water partition coefficient (Wildman–Crippen LogP) is 5.40. The van der Waals surface area contributed by atoms with Gasteiger partial charge in [-0.2, -0.15) is 0 Å². The summed E-state index contributed by atoms with van der Waals surface area (Å²) in [6.07, 6.45) is 6.76. The van der Waals surface area contributed by atoms with E-state index in [9.17, 15) is 5.11 Å². The van der Waals surface area contributed by atoms with Crippen LogP contribution in [0.1, 0.15) is 39.2 Å². The zero-order valence-electron chi connectivity index (χ0n) is 14.8. The summed E-state index contributed by atoms with van der Waals surface area (Å²) in [6, 6.07) is 7.32. The van der Waals surface area contributed by atoms with Crippen molar-refractivity contribution in [1.29, 1.82) is 0 Å². The van der Waals surface area contributed by atoms with Gasteiger partial charge < -0.3 is 10.8 Å². The van der Waals surface area contributed by atoms with Gasteiger partial charge in [-0.05, 0) is 86.1 Å². The molecule has 0 aromatic heterocycles. The van der Waals surface area contributed by atoms with Crippen molar-refractivity contribution < 1.29 is 5.11 Å². The smallest absolute Gasteiger partial charge is 0.115 e. The summed E-state index contributed by atoms with van der Waals surface area (Å²) in [5.74, 6) is 0.297. The second-order valence-electron chi connectivity index (χ2n) is 6.03. The Labute approximate surface area is 151 Å². The summed E-state index contributed by atoms with van der Waals surface area (Å²) in [6.45, 7) is 10.2. The molecule has 0 heterocycles. The molecule has 1 aromatic carbocycles. The fourth-order valence-electron chi connectivity index (χ4n) is 2.33. The summed E-state index contributed by atoms with van der Waals surface area (Å²) in [5, 5.41) is 10.9. The molecule has 0 bridgehead atoms. The van der Waals surface area contributed by atoms with Gasteiger partial charge in [0.05, 0.1) is 0 Å². The van der Waals surface area contributed by atoms with Crippen molar-refractivity contribution in [2.45, 2.75) is 40.0 Å². The minimum absolute atomic E-state index is 0.297. The zero-order chi connectivity index (χ0) is 18.1. The quantitative estimate of drug-likeness (QED) is 0.378. The van der Waals surface area contributed by atoms with Crippen LogP contribution >= 0.6 is 12.2 Å². The van der Waals surface area contributed by atoms with Crippen molar-refractivity contribution in [3.05, 3.63) is 76.5 Å². The molecule has 0 spiro atoms. The Morgan fingerprint density at radius 2 is 1.79 bits per heavy atom. The van der Waals surface area contributed by atoms with E-state index in [4.69, 9.17) is 18.0 Å². The fourth-order valence-corrected chi connectivity index (χ4v) is 2.54. The molecule has 1 aromatic rings. The van der Waals surface area contributed by atoms with E-state index in [-0.39, 0.29) is 0 Å². The lowest BCUT2D eigenvalue weighted by molar-refractivity contribution is 0.475. The largest absolute Gasteiger partial charge is 0.508 e. The molecule has 0 saturated carbocycles. The maximum Gasteiger partial charge on any atom is 0.115 e. The normalized spacial score (nSPS) is 13.5. The van der Waals surface area contributed by atoms with Crippen LogP contribution in [-0.2, 0) is 6.42 Å². The van der Waals surface area contributed by atoms with Crippen LogP contribution in [0.4, 0.5) is 0 Å². The third-order valence-corrected chi connectivity index (χ3v) is 4.20. The van der Waals surface area contributed by atoms with Crippen LogP contribution in [0.15, 0.2) is 71.0 Å². The SMILES string of the molecule is C=C(CCCc1ccc(O)cc1)C(N)=C(C)C=C(C)C(C)=CC=S. The molecule has 2 nitrogen and oxygen atoms in total. The number of benzene rings is 1. The number of phenols is 1. The molecule has 0 aliphatic rings. The number of aromatic hydroxyl groups is 1. The summed E-state index contributed by atoms with van der Waals surface area (Å²) in [4.78, 5) is 0. The Balaban J connectivity index is 2.65. The van der Waals surface area contributed by atoms with E-state index in [1.807, 2.05) is 32.1 Å². The lowest BCUT2D eigenvalue weighted by Gasteiger charge is -2.10. The lowest BCUT2D eigenvalue weighted by atomic mass is 9.99. The molecule has 3 N–H and O–H groups in total. The average molecular weight is 342 g/mol. The molecule has 0 saturated heterocycles. The highest BCUT2D eigenvalue weighted by atomic mass is 32.1. The Hall–Kier alpha value is -2.13. The minimum atomic E-state index is 0.297. The van der Waals surface area contributed by atoms with Crippen LogP contribution in [0, 0.1) is 0 Å². The number of nitrogens with two attached hydrogens (primary N) is 1. The summed E-state index contributed by atoms with van der Waals surface area (Å²) in [7, 11) is 0. The first-order chi connectivity index (χ1) is 11.3. The molecule has 0 atom stereocenters. The molecule has 0 fully saturated rings. The first kappa shape index (κ1) is 19.9. The van der Waals surface area contributed by atoms with Crippen LogP contribution in [0.25, 0.3) is 0 Å². The van der Waals surface area contributed by atoms with Gasteiger partial charge in [0.15, 0.2) is 0 Å². The standard InChI is InChI=1S/C21H27NOS/c1-15(12-13-24)17(3)14-18(4)21(22)16(2)6-5-7-19-8-10-20(23)11-9-19/h8-14,23H,2,5-7,22H2,1,3-4H3. The van der Waals surface area contributed by atoms with E-state index in [2.05, 4.69) is 19.6 Å². The molecular formula is C21H27NOS. The van der Waals surface area contributed by atoms with Crippen molar-refractivity contribution in [2.24, 2.45) is 5.73 Å². The average Bonchev–Trinajstić information content (AvgIpc) is 2.55. The monoisotopic (exact) mass is 341 g/mol. The number of hydrogen-bond donors (Lipinski definition) is 2. The van der Waals surface area contributed by atoms with E-state index >= 15 is 0 Å². The molecule has 0 unspecified atom stereocenters. The highest BCUT2D eigenvalue weighted by Crippen LogP contribution is 2.19. The Kier molecular flexibility index (Phi) is 8.20. The van der Waals surface area contributed by atoms with Crippen LogP contribution in [0.3, 0.4) is 0 Å². The third kappa shape index (κ3) is 6.55. The maximum absolute atomic E-state index is 9.29. The molecule has 3 heteroatoms. The molecule has 1 rings (SSSR count). The van der Waals surface area contributed by atoms with E-state index in [1.54, 1.807) is 17.5 Å². The van der Waals surface area contributed by atoms with Gasteiger partial charge in [-0.25, -0.2) is 0 Å². The van der Waals surface area contributed by atoms with Crippen LogP contribution in [0.5, 0.6) is 5.75 Å². The highest BCUT2D eigenvalue weighted by Gasteiger charge is 2.03. The molecular weight excluding hydrogens is 314 g/mol. The van der Waals surface area contributed by atoms with Crippen LogP contribution in [-0.4, -0.2) is 10.5 Å². The number of phenolic OH excluding ortho intramolecular Hbond substituents is 1. The van der Waals surface area contributed by atoms with Crippen molar-refractivity contribution in [1.82, 2.24) is 0 Å². The van der Waals surface area contributed by atoms with E-state index in [0.717, 1.165) is 47.3 Å². The first-order valence-corrected chi connectivity index (χ1v) is 8.55. The molecule has 0 aliphatic carbocycles. The number of thiocarbonyl (C=S) groups is 1. The first-order valence-electron chi connectivity index (χ1n) is 8.08. The number of hydrogen-bond acceptors (Lipinski definition) is 3. The van der Waals surface area contributed by atoms with Crippen molar-refractivity contribution >= 4 is 17.6 Å². The topological polar surface area (TPSA) is 46.2 Å². The van der Waals surface area contributed by atoms with Crippen molar-refractivity contribution in [2.75, 3.05) is 0 Å². The van der Waals surface area contributed by atoms with Crippen LogP contribution < -0.4 is 5.73 Å². The van der Waals surface area contributed by atoms with E-state index in [0.29, 0.717) is 5.75 Å². The second kappa shape index (κ2) is 9.89. The third-order valence-electron chi connectivity index (χ3n) is 4.06. The van der Waals surface area contributed by atoms with E-state index in [1.165, 1.54) is 5.56 Å². The van der Waals surface area contributed by atoms with Gasteiger partial charge in [-0.15, -0.1) is 0 Å². The van der Waals surface area contributed by atoms with Crippen LogP contribution in [0.2, 0.25) is 0 Å². The van der Waals surface area contributed by atoms with Gasteiger partial charge in [0.25, 0.3) is 0 Å². The molecule has 0 amide bonds. The molecule has 0 aliphatic heterocycles. The molecule has 128 valence electrons. The lowest BCUT2D eigenvalue weighted by Crippen LogP contribution is -2.04. The predicted molar refractivity (Wildman–Crippen MR) is 108 cm³/mol. The van der Waals surface area contributed by atoms with Crippen molar-refractivity contribution in [3.8, 4) is 5.75 Å². The Bertz CT molecular complexity index is 678. The summed E-state index contributed by atoms with van der Waals surface area (Å²) >= 11 is 4.86. The van der Waals surface area contributed by atoms with Gasteiger partial charge in [0.1, 0.15) is 5.75 Å². The Morgan fingerprint density at radius 1 is 1.17 bits per heavy atom. The summed E-state index contributed by atoms with van der Waals surface area (Å²) < 4.78 is 0. The van der Waals surface area contributed by atoms with Gasteiger partial charge in [-0.3, -0.25) is 0 Å². The van der Waals surface area contributed by atoms with Gasteiger partial charge in [0.2, 0.25) is 0 Å². The summed E-state index contributed by atoms with van der Waals surface area (Å²) in [5.41, 5.74) is 12.5. The molecule has 0 radical (unpaired) electrons. The van der Waals surface area contributed by atoms with Gasteiger partial charge >= 0.3 is 0 Å². The number of aryl methyl sites for hydroxylation is 1. The van der Waals surface area contributed by atoms with E-state index < -0.39 is 0 Å². The Morgan fingerprint density at radius 3 is 2.38 bits per heavy atom.